The lowest BCUT2D eigenvalue weighted by atomic mass is 10.1. The van der Waals surface area contributed by atoms with Crippen molar-refractivity contribution in [3.8, 4) is 17.3 Å². The van der Waals surface area contributed by atoms with Crippen molar-refractivity contribution in [1.29, 1.82) is 5.26 Å². The van der Waals surface area contributed by atoms with Crippen LogP contribution in [0.2, 0.25) is 0 Å². The van der Waals surface area contributed by atoms with Gasteiger partial charge in [-0.15, -0.1) is 0 Å². The molecule has 0 N–H and O–H groups in total. The first-order valence-corrected chi connectivity index (χ1v) is 11.7. The molecule has 0 aliphatic carbocycles. The molecule has 0 saturated carbocycles. The van der Waals surface area contributed by atoms with E-state index in [-0.39, 0.29) is 5.69 Å². The van der Waals surface area contributed by atoms with Crippen LogP contribution in [0.1, 0.15) is 24.0 Å². The molecule has 0 bridgehead atoms. The Labute approximate surface area is 206 Å². The third kappa shape index (κ3) is 4.62. The molecular formula is C26H24F3N7. The standard InChI is InChI=1S/C26H24F3N7/c1-2-36-23-15-21(18-4-3-5-19(14-18)26(27,28)29)32-22(16-30)25(23)33-24(36)17-34-10-12-35(13-11-34)20-6-8-31-9-7-20/h3-9,14-15H,2,10-13,17H2,1H3. The Morgan fingerprint density at radius 1 is 1.00 bits per heavy atom. The van der Waals surface area contributed by atoms with Crippen LogP contribution in [0.5, 0.6) is 0 Å². The number of pyridine rings is 2. The van der Waals surface area contributed by atoms with Crippen molar-refractivity contribution >= 4 is 16.7 Å². The third-order valence-electron chi connectivity index (χ3n) is 6.49. The third-order valence-corrected chi connectivity index (χ3v) is 6.49. The summed E-state index contributed by atoms with van der Waals surface area (Å²) in [4.78, 5) is 17.8. The lowest BCUT2D eigenvalue weighted by molar-refractivity contribution is -0.137. The Bertz CT molecular complexity index is 1420. The zero-order valence-electron chi connectivity index (χ0n) is 19.7. The number of imidazole rings is 1. The number of hydrogen-bond acceptors (Lipinski definition) is 6. The summed E-state index contributed by atoms with van der Waals surface area (Å²) >= 11 is 0. The summed E-state index contributed by atoms with van der Waals surface area (Å²) in [5, 5.41) is 9.76. The summed E-state index contributed by atoms with van der Waals surface area (Å²) in [6.07, 6.45) is -0.878. The van der Waals surface area contributed by atoms with Crippen LogP contribution in [-0.4, -0.2) is 50.6 Å². The van der Waals surface area contributed by atoms with E-state index in [0.29, 0.717) is 35.4 Å². The van der Waals surface area contributed by atoms with E-state index in [0.717, 1.165) is 49.8 Å². The van der Waals surface area contributed by atoms with E-state index in [1.165, 1.54) is 6.07 Å². The minimum absolute atomic E-state index is 0.107. The molecule has 0 spiro atoms. The van der Waals surface area contributed by atoms with Crippen molar-refractivity contribution in [2.75, 3.05) is 31.1 Å². The molecule has 36 heavy (non-hydrogen) atoms. The van der Waals surface area contributed by atoms with Gasteiger partial charge in [-0.1, -0.05) is 12.1 Å². The van der Waals surface area contributed by atoms with Crippen molar-refractivity contribution in [2.24, 2.45) is 0 Å². The van der Waals surface area contributed by atoms with E-state index in [4.69, 9.17) is 4.98 Å². The molecule has 0 atom stereocenters. The van der Waals surface area contributed by atoms with Gasteiger partial charge in [0, 0.05) is 56.4 Å². The van der Waals surface area contributed by atoms with Gasteiger partial charge in [0.25, 0.3) is 0 Å². The van der Waals surface area contributed by atoms with Crippen LogP contribution in [0.15, 0.2) is 54.9 Å². The molecule has 3 aromatic heterocycles. The van der Waals surface area contributed by atoms with Crippen LogP contribution < -0.4 is 4.90 Å². The number of nitrogens with zero attached hydrogens (tertiary/aromatic N) is 7. The molecule has 7 nitrogen and oxygen atoms in total. The van der Waals surface area contributed by atoms with Crippen LogP contribution in [0.4, 0.5) is 18.9 Å². The molecule has 0 unspecified atom stereocenters. The number of piperazine rings is 1. The number of halogens is 3. The second-order valence-corrected chi connectivity index (χ2v) is 8.66. The topological polar surface area (TPSA) is 73.9 Å². The van der Waals surface area contributed by atoms with Crippen molar-refractivity contribution in [1.82, 2.24) is 24.4 Å². The van der Waals surface area contributed by atoms with Gasteiger partial charge in [0.15, 0.2) is 5.69 Å². The van der Waals surface area contributed by atoms with Crippen molar-refractivity contribution in [3.63, 3.8) is 0 Å². The smallest absolute Gasteiger partial charge is 0.369 e. The normalized spacial score (nSPS) is 14.8. The quantitative estimate of drug-likeness (QED) is 0.402. The van der Waals surface area contributed by atoms with Gasteiger partial charge in [0.05, 0.1) is 23.3 Å². The van der Waals surface area contributed by atoms with E-state index >= 15 is 0 Å². The Morgan fingerprint density at radius 2 is 1.75 bits per heavy atom. The SMILES string of the molecule is CCn1c(CN2CCN(c3ccncc3)CC2)nc2c(C#N)nc(-c3cccc(C(F)(F)F)c3)cc21. The number of alkyl halides is 3. The zero-order chi connectivity index (χ0) is 25.3. The largest absolute Gasteiger partial charge is 0.416 e. The van der Waals surface area contributed by atoms with Crippen LogP contribution >= 0.6 is 0 Å². The molecule has 0 radical (unpaired) electrons. The molecule has 1 aliphatic heterocycles. The predicted molar refractivity (Wildman–Crippen MR) is 130 cm³/mol. The molecule has 5 rings (SSSR count). The van der Waals surface area contributed by atoms with E-state index in [2.05, 4.69) is 25.8 Å². The van der Waals surface area contributed by atoms with Crippen molar-refractivity contribution in [3.05, 3.63) is 71.9 Å². The summed E-state index contributed by atoms with van der Waals surface area (Å²) in [7, 11) is 0. The van der Waals surface area contributed by atoms with E-state index in [1.54, 1.807) is 24.5 Å². The maximum Gasteiger partial charge on any atom is 0.416 e. The van der Waals surface area contributed by atoms with Gasteiger partial charge in [-0.2, -0.15) is 18.4 Å². The molecule has 10 heteroatoms. The van der Waals surface area contributed by atoms with Gasteiger partial charge in [0.2, 0.25) is 0 Å². The number of nitriles is 1. The van der Waals surface area contributed by atoms with Gasteiger partial charge in [-0.3, -0.25) is 9.88 Å². The lowest BCUT2D eigenvalue weighted by Gasteiger charge is -2.35. The monoisotopic (exact) mass is 491 g/mol. The first-order chi connectivity index (χ1) is 17.4. The minimum atomic E-state index is -4.46. The maximum absolute atomic E-state index is 13.3. The fraction of sp³-hybridized carbons (Fsp3) is 0.308. The first-order valence-electron chi connectivity index (χ1n) is 11.7. The summed E-state index contributed by atoms with van der Waals surface area (Å²) in [5.74, 6) is 0.810. The average Bonchev–Trinajstić information content (AvgIpc) is 3.25. The molecular weight excluding hydrogens is 467 g/mol. The summed E-state index contributed by atoms with van der Waals surface area (Å²) < 4.78 is 41.8. The van der Waals surface area contributed by atoms with Gasteiger partial charge < -0.3 is 9.47 Å². The predicted octanol–water partition coefficient (Wildman–Crippen LogP) is 4.73. The van der Waals surface area contributed by atoms with Crippen LogP contribution in [0, 0.1) is 11.3 Å². The number of fused-ring (bicyclic) bond motifs is 1. The molecule has 4 aromatic rings. The Balaban J connectivity index is 1.44. The number of anilines is 1. The van der Waals surface area contributed by atoms with Gasteiger partial charge in [-0.05, 0) is 37.3 Å². The van der Waals surface area contributed by atoms with E-state index in [9.17, 15) is 18.4 Å². The number of hydrogen-bond donors (Lipinski definition) is 0. The fourth-order valence-electron chi connectivity index (χ4n) is 4.64. The second kappa shape index (κ2) is 9.59. The van der Waals surface area contributed by atoms with Crippen molar-refractivity contribution < 1.29 is 13.2 Å². The van der Waals surface area contributed by atoms with Gasteiger partial charge in [0.1, 0.15) is 17.4 Å². The highest BCUT2D eigenvalue weighted by molar-refractivity contribution is 5.85. The highest BCUT2D eigenvalue weighted by Crippen LogP contribution is 2.33. The number of benzene rings is 1. The lowest BCUT2D eigenvalue weighted by Crippen LogP contribution is -2.46. The molecule has 1 aliphatic rings. The van der Waals surface area contributed by atoms with Crippen molar-refractivity contribution in [2.45, 2.75) is 26.2 Å². The zero-order valence-corrected chi connectivity index (χ0v) is 19.7. The summed E-state index contributed by atoms with van der Waals surface area (Å²) in [6, 6.07) is 12.8. The van der Waals surface area contributed by atoms with Gasteiger partial charge >= 0.3 is 6.18 Å². The fourth-order valence-corrected chi connectivity index (χ4v) is 4.64. The molecule has 1 fully saturated rings. The maximum atomic E-state index is 13.3. The molecule has 0 amide bonds. The Hall–Kier alpha value is -3.97. The number of rotatable bonds is 5. The average molecular weight is 492 g/mol. The minimum Gasteiger partial charge on any atom is -0.369 e. The number of aryl methyl sites for hydroxylation is 1. The molecule has 1 aromatic carbocycles. The molecule has 1 saturated heterocycles. The number of aromatic nitrogens is 4. The van der Waals surface area contributed by atoms with Gasteiger partial charge in [-0.25, -0.2) is 9.97 Å². The highest BCUT2D eigenvalue weighted by atomic mass is 19.4. The summed E-state index contributed by atoms with van der Waals surface area (Å²) in [6.45, 7) is 6.67. The molecule has 4 heterocycles. The van der Waals surface area contributed by atoms with E-state index < -0.39 is 11.7 Å². The first kappa shape index (κ1) is 23.8. The Kier molecular flexibility index (Phi) is 6.33. The molecule has 184 valence electrons. The second-order valence-electron chi connectivity index (χ2n) is 8.66. The van der Waals surface area contributed by atoms with Crippen LogP contribution in [0.3, 0.4) is 0 Å². The van der Waals surface area contributed by atoms with Crippen LogP contribution in [-0.2, 0) is 19.3 Å². The summed E-state index contributed by atoms with van der Waals surface area (Å²) in [5.41, 5.74) is 2.30. The van der Waals surface area contributed by atoms with E-state index in [1.807, 2.05) is 23.6 Å². The highest BCUT2D eigenvalue weighted by Gasteiger charge is 2.30. The Morgan fingerprint density at radius 3 is 2.42 bits per heavy atom. The van der Waals surface area contributed by atoms with Crippen LogP contribution in [0.25, 0.3) is 22.3 Å².